The minimum absolute atomic E-state index is 0.0281. The van der Waals surface area contributed by atoms with E-state index >= 15 is 0 Å². The van der Waals surface area contributed by atoms with Crippen LogP contribution in [0.2, 0.25) is 0 Å². The number of para-hydroxylation sites is 3. The lowest BCUT2D eigenvalue weighted by molar-refractivity contribution is -0.115. The van der Waals surface area contributed by atoms with E-state index in [2.05, 4.69) is 22.3 Å². The molecule has 5 rings (SSSR count). The molecule has 6 heteroatoms. The van der Waals surface area contributed by atoms with Crippen LogP contribution >= 0.6 is 11.8 Å². The molecule has 0 aliphatic carbocycles. The van der Waals surface area contributed by atoms with Crippen LogP contribution in [0.15, 0.2) is 126 Å². The molecule has 5 nitrogen and oxygen atoms in total. The maximum atomic E-state index is 13.5. The fourth-order valence-corrected chi connectivity index (χ4v) is 4.73. The Morgan fingerprint density at radius 3 is 1.77 bits per heavy atom. The Bertz CT molecular complexity index is 1330. The topological polar surface area (TPSA) is 51.0 Å². The molecule has 0 saturated heterocycles. The van der Waals surface area contributed by atoms with Gasteiger partial charge in [0.05, 0.1) is 5.75 Å². The van der Waals surface area contributed by atoms with Crippen molar-refractivity contribution in [2.24, 2.45) is 0 Å². The van der Waals surface area contributed by atoms with Crippen LogP contribution in [0, 0.1) is 0 Å². The number of amides is 1. The number of anilines is 2. The minimum Gasteiger partial charge on any atom is -0.280 e. The Balaban J connectivity index is 1.43. The second kappa shape index (κ2) is 10.8. The summed E-state index contributed by atoms with van der Waals surface area (Å²) in [5.74, 6) is 1.03. The van der Waals surface area contributed by atoms with E-state index in [-0.39, 0.29) is 11.7 Å². The number of carbonyl (C=O) groups is 1. The zero-order valence-corrected chi connectivity index (χ0v) is 19.9. The third-order valence-electron chi connectivity index (χ3n) is 5.52. The van der Waals surface area contributed by atoms with E-state index in [9.17, 15) is 4.79 Å². The summed E-state index contributed by atoms with van der Waals surface area (Å²) in [6, 6.07) is 39.7. The van der Waals surface area contributed by atoms with Gasteiger partial charge in [-0.1, -0.05) is 96.7 Å². The second-order valence-corrected chi connectivity index (χ2v) is 8.86. The Labute approximate surface area is 209 Å². The first-order valence-corrected chi connectivity index (χ1v) is 12.4. The smallest absolute Gasteiger partial charge is 0.242 e. The summed E-state index contributed by atoms with van der Waals surface area (Å²) in [5.41, 5.74) is 3.79. The molecule has 172 valence electrons. The summed E-state index contributed by atoms with van der Waals surface area (Å²) in [6.07, 6.45) is 0.650. The van der Waals surface area contributed by atoms with Crippen LogP contribution in [0.1, 0.15) is 11.4 Å². The van der Waals surface area contributed by atoms with E-state index in [1.54, 1.807) is 4.90 Å². The standard InChI is InChI=1S/C29H24N4OS/c34-28(32(24-15-7-2-8-16-24)25-17-9-3-10-18-25)22-35-29-31-30-27(21-23-13-5-1-6-14-23)33(29)26-19-11-4-12-20-26/h1-20H,21-22H2. The van der Waals surface area contributed by atoms with E-state index in [0.29, 0.717) is 11.6 Å². The van der Waals surface area contributed by atoms with Gasteiger partial charge in [-0.2, -0.15) is 0 Å². The lowest BCUT2D eigenvalue weighted by Gasteiger charge is -2.23. The predicted octanol–water partition coefficient (Wildman–Crippen LogP) is 6.32. The van der Waals surface area contributed by atoms with Crippen molar-refractivity contribution in [3.63, 3.8) is 0 Å². The zero-order valence-electron chi connectivity index (χ0n) is 19.1. The highest BCUT2D eigenvalue weighted by molar-refractivity contribution is 7.99. The molecule has 0 fully saturated rings. The lowest BCUT2D eigenvalue weighted by atomic mass is 10.1. The van der Waals surface area contributed by atoms with E-state index in [0.717, 1.165) is 28.5 Å². The maximum absolute atomic E-state index is 13.5. The average Bonchev–Trinajstić information content (AvgIpc) is 3.32. The highest BCUT2D eigenvalue weighted by Crippen LogP contribution is 2.28. The molecule has 0 atom stereocenters. The lowest BCUT2D eigenvalue weighted by Crippen LogP contribution is -2.27. The summed E-state index contributed by atoms with van der Waals surface area (Å²) in [7, 11) is 0. The summed E-state index contributed by atoms with van der Waals surface area (Å²) in [4.78, 5) is 15.3. The van der Waals surface area contributed by atoms with Crippen molar-refractivity contribution >= 4 is 29.0 Å². The molecule has 0 radical (unpaired) electrons. The minimum atomic E-state index is -0.0281. The van der Waals surface area contributed by atoms with Crippen molar-refractivity contribution in [3.05, 3.63) is 133 Å². The van der Waals surface area contributed by atoms with Crippen molar-refractivity contribution in [2.45, 2.75) is 11.6 Å². The average molecular weight is 477 g/mol. The molecule has 0 aliphatic rings. The van der Waals surface area contributed by atoms with Gasteiger partial charge in [-0.15, -0.1) is 10.2 Å². The van der Waals surface area contributed by atoms with Crippen molar-refractivity contribution in [3.8, 4) is 5.69 Å². The first kappa shape index (κ1) is 22.6. The molecule has 1 aromatic heterocycles. The van der Waals surface area contributed by atoms with Gasteiger partial charge < -0.3 is 0 Å². The van der Waals surface area contributed by atoms with Gasteiger partial charge in [-0.05, 0) is 42.0 Å². The highest BCUT2D eigenvalue weighted by Gasteiger charge is 2.21. The third kappa shape index (κ3) is 5.34. The van der Waals surface area contributed by atoms with Gasteiger partial charge in [0.2, 0.25) is 5.91 Å². The molecule has 0 N–H and O–H groups in total. The largest absolute Gasteiger partial charge is 0.280 e. The first-order chi connectivity index (χ1) is 17.3. The maximum Gasteiger partial charge on any atom is 0.242 e. The van der Waals surface area contributed by atoms with Crippen LogP contribution in [-0.4, -0.2) is 26.4 Å². The number of hydrogen-bond acceptors (Lipinski definition) is 4. The molecule has 4 aromatic carbocycles. The van der Waals surface area contributed by atoms with Gasteiger partial charge in [-0.3, -0.25) is 14.3 Å². The first-order valence-electron chi connectivity index (χ1n) is 11.4. The molecule has 1 amide bonds. The van der Waals surface area contributed by atoms with Gasteiger partial charge in [0, 0.05) is 23.5 Å². The zero-order chi connectivity index (χ0) is 23.9. The second-order valence-electron chi connectivity index (χ2n) is 7.92. The van der Waals surface area contributed by atoms with Gasteiger partial charge >= 0.3 is 0 Å². The third-order valence-corrected chi connectivity index (χ3v) is 6.44. The fourth-order valence-electron chi connectivity index (χ4n) is 3.91. The van der Waals surface area contributed by atoms with Crippen LogP contribution in [0.25, 0.3) is 5.69 Å². The molecule has 1 heterocycles. The van der Waals surface area contributed by atoms with Crippen LogP contribution in [0.5, 0.6) is 0 Å². The van der Waals surface area contributed by atoms with Gasteiger partial charge in [0.25, 0.3) is 0 Å². The molecule has 0 bridgehead atoms. The van der Waals surface area contributed by atoms with Crippen molar-refractivity contribution < 1.29 is 4.79 Å². The summed E-state index contributed by atoms with van der Waals surface area (Å²) >= 11 is 1.40. The molecule has 0 spiro atoms. The molecular weight excluding hydrogens is 452 g/mol. The number of benzene rings is 4. The SMILES string of the molecule is O=C(CSc1nnc(Cc2ccccc2)n1-c1ccccc1)N(c1ccccc1)c1ccccc1. The van der Waals surface area contributed by atoms with Crippen molar-refractivity contribution in [2.75, 3.05) is 10.7 Å². The number of nitrogens with zero attached hydrogens (tertiary/aromatic N) is 4. The Morgan fingerprint density at radius 1 is 0.686 bits per heavy atom. The van der Waals surface area contributed by atoms with Crippen molar-refractivity contribution in [1.82, 2.24) is 14.8 Å². The number of aromatic nitrogens is 3. The quantitative estimate of drug-likeness (QED) is 0.246. The van der Waals surface area contributed by atoms with Gasteiger partial charge in [0.15, 0.2) is 5.16 Å². The molecule has 0 unspecified atom stereocenters. The highest BCUT2D eigenvalue weighted by atomic mass is 32.2. The Morgan fingerprint density at radius 2 is 1.20 bits per heavy atom. The molecule has 0 aliphatic heterocycles. The Hall–Kier alpha value is -4.16. The number of thioether (sulfide) groups is 1. The normalized spacial score (nSPS) is 10.7. The van der Waals surface area contributed by atoms with E-state index in [1.807, 2.05) is 114 Å². The van der Waals surface area contributed by atoms with E-state index in [4.69, 9.17) is 0 Å². The van der Waals surface area contributed by atoms with Crippen LogP contribution in [0.3, 0.4) is 0 Å². The number of carbonyl (C=O) groups excluding carboxylic acids is 1. The van der Waals surface area contributed by atoms with Crippen LogP contribution < -0.4 is 4.90 Å². The van der Waals surface area contributed by atoms with Crippen LogP contribution in [0.4, 0.5) is 11.4 Å². The molecule has 0 saturated carbocycles. The van der Waals surface area contributed by atoms with Crippen molar-refractivity contribution in [1.29, 1.82) is 0 Å². The van der Waals surface area contributed by atoms with Gasteiger partial charge in [-0.25, -0.2) is 0 Å². The fraction of sp³-hybridized carbons (Fsp3) is 0.0690. The monoisotopic (exact) mass is 476 g/mol. The summed E-state index contributed by atoms with van der Waals surface area (Å²) < 4.78 is 2.04. The van der Waals surface area contributed by atoms with Crippen LogP contribution in [-0.2, 0) is 11.2 Å². The number of hydrogen-bond donors (Lipinski definition) is 0. The number of rotatable bonds is 8. The molecule has 5 aromatic rings. The van der Waals surface area contributed by atoms with E-state index < -0.39 is 0 Å². The summed E-state index contributed by atoms with van der Waals surface area (Å²) in [6.45, 7) is 0. The molecular formula is C29H24N4OS. The van der Waals surface area contributed by atoms with E-state index in [1.165, 1.54) is 11.8 Å². The van der Waals surface area contributed by atoms with Gasteiger partial charge in [0.1, 0.15) is 5.82 Å². The predicted molar refractivity (Wildman–Crippen MR) is 141 cm³/mol. The summed E-state index contributed by atoms with van der Waals surface area (Å²) in [5, 5.41) is 9.66. The molecule has 35 heavy (non-hydrogen) atoms. The Kier molecular flexibility index (Phi) is 7.01.